The first-order valence-electron chi connectivity index (χ1n) is 7.85. The average molecular weight is 350 g/mol. The van der Waals surface area contributed by atoms with Gasteiger partial charge in [0.25, 0.3) is 0 Å². The second kappa shape index (κ2) is 7.32. The minimum absolute atomic E-state index is 0.177. The molecule has 1 aromatic heterocycles. The molecule has 0 spiro atoms. The summed E-state index contributed by atoms with van der Waals surface area (Å²) in [5.41, 5.74) is -0.494. The molecule has 2 N–H and O–H groups in total. The molecule has 0 aliphatic rings. The van der Waals surface area contributed by atoms with Crippen molar-refractivity contribution >= 4 is 23.5 Å². The first-order valence-corrected chi connectivity index (χ1v) is 8.23. The van der Waals surface area contributed by atoms with E-state index in [0.29, 0.717) is 28.3 Å². The fourth-order valence-corrected chi connectivity index (χ4v) is 2.50. The molecule has 1 heterocycles. The normalized spacial score (nSPS) is 13.7. The molecular formula is C17H24ClN5O. The van der Waals surface area contributed by atoms with Crippen LogP contribution in [0.25, 0.3) is 0 Å². The second-order valence-electron chi connectivity index (χ2n) is 6.47. The van der Waals surface area contributed by atoms with Crippen LogP contribution in [0.2, 0.25) is 5.02 Å². The summed E-state index contributed by atoms with van der Waals surface area (Å²) in [5.74, 6) is 1.89. The molecule has 2 aromatic rings. The Morgan fingerprint density at radius 2 is 1.88 bits per heavy atom. The van der Waals surface area contributed by atoms with Crippen molar-refractivity contribution in [3.8, 4) is 0 Å². The minimum atomic E-state index is -1.15. The number of halogens is 1. The van der Waals surface area contributed by atoms with E-state index in [2.05, 4.69) is 20.3 Å². The smallest absolute Gasteiger partial charge is 0.229 e. The topological polar surface area (TPSA) is 74.2 Å². The van der Waals surface area contributed by atoms with Crippen LogP contribution < -0.4 is 10.2 Å². The van der Waals surface area contributed by atoms with Gasteiger partial charge >= 0.3 is 0 Å². The number of hydrogen-bond acceptors (Lipinski definition) is 6. The van der Waals surface area contributed by atoms with Crippen LogP contribution in [-0.2, 0) is 5.60 Å². The molecule has 0 aliphatic carbocycles. The largest absolute Gasteiger partial charge is 0.384 e. The van der Waals surface area contributed by atoms with E-state index >= 15 is 0 Å². The molecule has 24 heavy (non-hydrogen) atoms. The highest BCUT2D eigenvalue weighted by atomic mass is 35.5. The van der Waals surface area contributed by atoms with Crippen LogP contribution in [0.1, 0.15) is 38.1 Å². The zero-order valence-electron chi connectivity index (χ0n) is 14.7. The molecule has 0 bridgehead atoms. The lowest BCUT2D eigenvalue weighted by Gasteiger charge is -2.25. The van der Waals surface area contributed by atoms with Gasteiger partial charge in [-0.3, -0.25) is 0 Å². The van der Waals surface area contributed by atoms with Crippen molar-refractivity contribution in [2.45, 2.75) is 32.3 Å². The van der Waals surface area contributed by atoms with E-state index in [0.717, 1.165) is 0 Å². The molecule has 0 saturated carbocycles. The summed E-state index contributed by atoms with van der Waals surface area (Å²) in [7, 11) is 3.76. The standard InChI is InChI=1S/C17H24ClN5O/c1-11(2)14-20-15(22-16(21-14)23(4)5)19-10-17(3,24)12-8-6-7-9-13(12)18/h6-9,11,24H,10H2,1-5H3,(H,19,20,21,22). The van der Waals surface area contributed by atoms with E-state index in [1.165, 1.54) is 0 Å². The predicted molar refractivity (Wildman–Crippen MR) is 97.8 cm³/mol. The lowest BCUT2D eigenvalue weighted by atomic mass is 9.96. The second-order valence-corrected chi connectivity index (χ2v) is 6.88. The van der Waals surface area contributed by atoms with Crippen molar-refractivity contribution in [3.05, 3.63) is 40.7 Å². The van der Waals surface area contributed by atoms with Gasteiger partial charge in [0, 0.05) is 30.6 Å². The Hall–Kier alpha value is -1.92. The van der Waals surface area contributed by atoms with Gasteiger partial charge in [0.05, 0.1) is 6.54 Å². The molecule has 1 atom stereocenters. The van der Waals surface area contributed by atoms with Gasteiger partial charge in [0.15, 0.2) is 0 Å². The van der Waals surface area contributed by atoms with Gasteiger partial charge in [-0.2, -0.15) is 15.0 Å². The van der Waals surface area contributed by atoms with Crippen molar-refractivity contribution in [2.75, 3.05) is 30.9 Å². The van der Waals surface area contributed by atoms with Crippen molar-refractivity contribution in [2.24, 2.45) is 0 Å². The summed E-state index contributed by atoms with van der Waals surface area (Å²) in [6, 6.07) is 7.25. The lowest BCUT2D eigenvalue weighted by molar-refractivity contribution is 0.0714. The summed E-state index contributed by atoms with van der Waals surface area (Å²) in [5, 5.41) is 14.4. The van der Waals surface area contributed by atoms with E-state index in [9.17, 15) is 5.11 Å². The lowest BCUT2D eigenvalue weighted by Crippen LogP contribution is -2.32. The fourth-order valence-electron chi connectivity index (χ4n) is 2.16. The number of benzene rings is 1. The SMILES string of the molecule is CC(C)c1nc(NCC(C)(O)c2ccccc2Cl)nc(N(C)C)n1. The van der Waals surface area contributed by atoms with Crippen LogP contribution in [0.5, 0.6) is 0 Å². The molecule has 0 fully saturated rings. The van der Waals surface area contributed by atoms with Gasteiger partial charge in [0.1, 0.15) is 11.4 Å². The number of nitrogens with zero attached hydrogens (tertiary/aromatic N) is 4. The zero-order chi connectivity index (χ0) is 17.9. The van der Waals surface area contributed by atoms with Gasteiger partial charge in [0.2, 0.25) is 11.9 Å². The van der Waals surface area contributed by atoms with E-state index in [4.69, 9.17) is 11.6 Å². The number of nitrogens with one attached hydrogen (secondary N) is 1. The van der Waals surface area contributed by atoms with E-state index in [1.54, 1.807) is 13.0 Å². The first kappa shape index (κ1) is 18.4. The molecule has 130 valence electrons. The highest BCUT2D eigenvalue weighted by Gasteiger charge is 2.26. The molecule has 6 nitrogen and oxygen atoms in total. The molecule has 1 unspecified atom stereocenters. The summed E-state index contributed by atoms with van der Waals surface area (Å²) in [6.45, 7) is 5.99. The maximum Gasteiger partial charge on any atom is 0.229 e. The van der Waals surface area contributed by atoms with Gasteiger partial charge in [-0.05, 0) is 13.0 Å². The Balaban J connectivity index is 2.23. The van der Waals surface area contributed by atoms with Crippen LogP contribution in [0.4, 0.5) is 11.9 Å². The Morgan fingerprint density at radius 3 is 2.46 bits per heavy atom. The monoisotopic (exact) mass is 349 g/mol. The summed E-state index contributed by atoms with van der Waals surface area (Å²) >= 11 is 6.19. The van der Waals surface area contributed by atoms with E-state index in [1.807, 2.05) is 51.0 Å². The number of rotatable bonds is 6. The van der Waals surface area contributed by atoms with Crippen LogP contribution in [0.15, 0.2) is 24.3 Å². The van der Waals surface area contributed by atoms with Gasteiger partial charge in [-0.25, -0.2) is 0 Å². The maximum absolute atomic E-state index is 10.8. The van der Waals surface area contributed by atoms with Gasteiger partial charge in [-0.15, -0.1) is 0 Å². The quantitative estimate of drug-likeness (QED) is 0.835. The molecule has 0 aliphatic heterocycles. The molecule has 0 amide bonds. The Bertz CT molecular complexity index is 677. The summed E-state index contributed by atoms with van der Waals surface area (Å²) < 4.78 is 0. The average Bonchev–Trinajstić information content (AvgIpc) is 2.53. The Kier molecular flexibility index (Phi) is 5.62. The van der Waals surface area contributed by atoms with Crippen molar-refractivity contribution in [1.82, 2.24) is 15.0 Å². The van der Waals surface area contributed by atoms with E-state index in [-0.39, 0.29) is 12.5 Å². The van der Waals surface area contributed by atoms with E-state index < -0.39 is 5.60 Å². The molecule has 2 rings (SSSR count). The summed E-state index contributed by atoms with van der Waals surface area (Å²) in [4.78, 5) is 15.1. The molecule has 7 heteroatoms. The molecule has 0 saturated heterocycles. The number of hydrogen-bond donors (Lipinski definition) is 2. The number of anilines is 2. The van der Waals surface area contributed by atoms with Crippen molar-refractivity contribution in [3.63, 3.8) is 0 Å². The Morgan fingerprint density at radius 1 is 1.21 bits per heavy atom. The van der Waals surface area contributed by atoms with Crippen LogP contribution in [0.3, 0.4) is 0 Å². The number of aromatic nitrogens is 3. The first-order chi connectivity index (χ1) is 11.2. The third-order valence-electron chi connectivity index (χ3n) is 3.60. The Labute approximate surface area is 147 Å². The van der Waals surface area contributed by atoms with Crippen LogP contribution >= 0.6 is 11.6 Å². The van der Waals surface area contributed by atoms with Crippen LogP contribution in [-0.4, -0.2) is 40.7 Å². The molecule has 1 aromatic carbocycles. The van der Waals surface area contributed by atoms with Gasteiger partial charge in [-0.1, -0.05) is 43.6 Å². The van der Waals surface area contributed by atoms with Gasteiger partial charge < -0.3 is 15.3 Å². The third kappa shape index (κ3) is 4.33. The fraction of sp³-hybridized carbons (Fsp3) is 0.471. The van der Waals surface area contributed by atoms with Crippen molar-refractivity contribution in [1.29, 1.82) is 0 Å². The predicted octanol–water partition coefficient (Wildman–Crippen LogP) is 3.03. The molecule has 0 radical (unpaired) electrons. The summed E-state index contributed by atoms with van der Waals surface area (Å²) in [6.07, 6.45) is 0. The minimum Gasteiger partial charge on any atom is -0.384 e. The highest BCUT2D eigenvalue weighted by molar-refractivity contribution is 6.31. The van der Waals surface area contributed by atoms with Crippen molar-refractivity contribution < 1.29 is 5.11 Å². The zero-order valence-corrected chi connectivity index (χ0v) is 15.5. The third-order valence-corrected chi connectivity index (χ3v) is 3.93. The molecular weight excluding hydrogens is 326 g/mol. The van der Waals surface area contributed by atoms with Crippen LogP contribution in [0, 0.1) is 0 Å². The highest BCUT2D eigenvalue weighted by Crippen LogP contribution is 2.28. The maximum atomic E-state index is 10.8. The number of aliphatic hydroxyl groups is 1.